The summed E-state index contributed by atoms with van der Waals surface area (Å²) in [6.45, 7) is 15.5. The Morgan fingerprint density at radius 1 is 0.952 bits per heavy atom. The van der Waals surface area contributed by atoms with Crippen LogP contribution in [0.1, 0.15) is 108 Å². The highest BCUT2D eigenvalue weighted by Gasteiger charge is 2.44. The molecule has 63 heavy (non-hydrogen) atoms. The van der Waals surface area contributed by atoms with E-state index >= 15 is 0 Å². The molecule has 3 aromatic rings. The summed E-state index contributed by atoms with van der Waals surface area (Å²) in [5.74, 6) is -2.42. The number of methoxy groups -OCH3 is 2. The fourth-order valence-corrected chi connectivity index (χ4v) is 9.27. The van der Waals surface area contributed by atoms with Gasteiger partial charge in [-0.25, -0.2) is 9.78 Å². The van der Waals surface area contributed by atoms with E-state index in [9.17, 15) is 24.0 Å². The minimum Gasteiger partial charge on any atom is -0.445 e. The molecule has 1 aromatic heterocycles. The third kappa shape index (κ3) is 13.9. The number of rotatable bonds is 23. The molecule has 346 valence electrons. The van der Waals surface area contributed by atoms with E-state index in [1.165, 1.54) is 11.3 Å². The maximum absolute atomic E-state index is 14.5. The molecule has 1 fully saturated rings. The van der Waals surface area contributed by atoms with Gasteiger partial charge in [-0.15, -0.1) is 11.3 Å². The number of alkyl carbamates (subject to hydrolysis) is 1. The number of nitrogens with one attached hydrogen (secondary N) is 2. The average molecular weight is 890 g/mol. The maximum Gasteiger partial charge on any atom is 0.408 e. The fourth-order valence-electron chi connectivity index (χ4n) is 8.58. The molecule has 0 unspecified atom stereocenters. The number of Topliss-reactive ketones (excluding diaryl/α,β-unsaturated/α-hetero) is 1. The summed E-state index contributed by atoms with van der Waals surface area (Å²) in [5, 5.41) is 8.64. The summed E-state index contributed by atoms with van der Waals surface area (Å²) < 4.78 is 17.5. The normalized spacial score (nSPS) is 17.5. The molecule has 1 saturated heterocycles. The number of carbonyl (C=O) groups excluding carboxylic acids is 5. The Kier molecular flexibility index (Phi) is 19.3. The largest absolute Gasteiger partial charge is 0.445 e. The maximum atomic E-state index is 14.5. The summed E-state index contributed by atoms with van der Waals surface area (Å²) in [7, 11) is 4.86. The van der Waals surface area contributed by atoms with Gasteiger partial charge >= 0.3 is 6.09 Å². The topological polar surface area (TPSA) is 156 Å². The average Bonchev–Trinajstić information content (AvgIpc) is 3.98. The monoisotopic (exact) mass is 890 g/mol. The number of carbonyl (C=O) groups is 5. The number of likely N-dealkylation sites (N-methyl/N-ethyl adjacent to an activating group) is 1. The van der Waals surface area contributed by atoms with Crippen LogP contribution in [0.25, 0.3) is 0 Å². The van der Waals surface area contributed by atoms with Gasteiger partial charge in [0.1, 0.15) is 11.6 Å². The van der Waals surface area contributed by atoms with Crippen LogP contribution in [0.15, 0.2) is 66.2 Å². The summed E-state index contributed by atoms with van der Waals surface area (Å²) >= 11 is 1.49. The van der Waals surface area contributed by atoms with E-state index < -0.39 is 41.7 Å². The second-order valence-corrected chi connectivity index (χ2v) is 18.9. The Hall–Kier alpha value is -4.66. The van der Waals surface area contributed by atoms with Crippen LogP contribution < -0.4 is 10.6 Å². The molecular formula is C49H71N5O8S. The number of nitrogens with zero attached hydrogens (tertiary/aromatic N) is 3. The fraction of sp³-hybridized carbons (Fsp3) is 0.592. The van der Waals surface area contributed by atoms with Crippen molar-refractivity contribution in [3.05, 3.63) is 87.9 Å². The molecule has 0 radical (unpaired) electrons. The molecule has 1 aliphatic rings. The zero-order valence-corrected chi connectivity index (χ0v) is 40.0. The number of ether oxygens (including phenoxy) is 3. The molecule has 2 aromatic carbocycles. The van der Waals surface area contributed by atoms with E-state index in [1.54, 1.807) is 46.2 Å². The van der Waals surface area contributed by atoms with Crippen LogP contribution in [0.2, 0.25) is 0 Å². The van der Waals surface area contributed by atoms with Crippen LogP contribution in [0.4, 0.5) is 4.79 Å². The van der Waals surface area contributed by atoms with Crippen LogP contribution in [0.3, 0.4) is 0 Å². The molecule has 0 aliphatic carbocycles. The number of aryl methyl sites for hydroxylation is 1. The Morgan fingerprint density at radius 2 is 1.63 bits per heavy atom. The molecule has 13 nitrogen and oxygen atoms in total. The summed E-state index contributed by atoms with van der Waals surface area (Å²) in [4.78, 5) is 77.5. The zero-order chi connectivity index (χ0) is 46.4. The van der Waals surface area contributed by atoms with Gasteiger partial charge in [0.15, 0.2) is 5.78 Å². The Labute approximate surface area is 379 Å². The summed E-state index contributed by atoms with van der Waals surface area (Å²) in [6, 6.07) is 16.4. The van der Waals surface area contributed by atoms with Crippen LogP contribution in [-0.4, -0.2) is 102 Å². The number of ketones is 1. The SMILES string of the molecule is CC[C@H](C)[C@@H]([C@@H](CC(=O)N1CCC[C@H]1[C@H](OC)[C@@H](C)C(=O)N[C@@H](Cc1ccccc1)c1nccs1)OC)N(C)C(=O)[C@@H](CC(=O)C(C)(C)NC(=O)OCc1ccc(C)cc1)C(C)C. The highest BCUT2D eigenvalue weighted by Crippen LogP contribution is 2.32. The van der Waals surface area contributed by atoms with Crippen molar-refractivity contribution >= 4 is 40.9 Å². The minimum atomic E-state index is -1.30. The lowest BCUT2D eigenvalue weighted by atomic mass is 9.83. The molecule has 4 amide bonds. The molecular weight excluding hydrogens is 819 g/mol. The minimum absolute atomic E-state index is 0.00671. The molecule has 2 N–H and O–H groups in total. The van der Waals surface area contributed by atoms with E-state index in [1.807, 2.05) is 106 Å². The predicted octanol–water partition coefficient (Wildman–Crippen LogP) is 7.71. The van der Waals surface area contributed by atoms with Crippen LogP contribution in [0, 0.1) is 30.6 Å². The first-order valence-corrected chi connectivity index (χ1v) is 23.2. The van der Waals surface area contributed by atoms with Gasteiger partial charge in [-0.1, -0.05) is 101 Å². The highest BCUT2D eigenvalue weighted by atomic mass is 32.1. The van der Waals surface area contributed by atoms with Crippen LogP contribution >= 0.6 is 11.3 Å². The molecule has 1 aliphatic heterocycles. The zero-order valence-electron chi connectivity index (χ0n) is 39.2. The number of hydrogen-bond donors (Lipinski definition) is 2. The van der Waals surface area contributed by atoms with Crippen molar-refractivity contribution < 1.29 is 38.2 Å². The molecule has 0 bridgehead atoms. The van der Waals surface area contributed by atoms with E-state index in [-0.39, 0.29) is 66.9 Å². The smallest absolute Gasteiger partial charge is 0.408 e. The molecule has 4 rings (SSSR count). The number of hydrogen-bond acceptors (Lipinski definition) is 10. The van der Waals surface area contributed by atoms with Gasteiger partial charge in [0.2, 0.25) is 17.7 Å². The first kappa shape index (κ1) is 51.0. The standard InChI is InChI=1S/C49H71N5O8S/c1-12-33(5)43(53(9)47(58)37(31(2)3)28-41(55)49(7,8)52-48(59)62-30-36-22-20-32(4)21-23-36)40(60-10)29-42(56)54-25-16-19-39(54)44(61-11)34(6)45(57)51-38(46-50-24-26-63-46)27-35-17-14-13-15-18-35/h13-15,17-18,20-24,26,31,33-34,37-40,43-44H,12,16,19,25,27-30H2,1-11H3,(H,51,57)(H,52,59)/t33-,34+,37-,38-,39-,40+,43-,44+/m0/s1. The lowest BCUT2D eigenvalue weighted by molar-refractivity contribution is -0.149. The molecule has 0 spiro atoms. The number of likely N-dealkylation sites (tertiary alicyclic amines) is 1. The Morgan fingerprint density at radius 3 is 2.22 bits per heavy atom. The first-order chi connectivity index (χ1) is 29.9. The van der Waals surface area contributed by atoms with E-state index in [0.29, 0.717) is 25.8 Å². The van der Waals surface area contributed by atoms with Crippen molar-refractivity contribution in [3.8, 4) is 0 Å². The van der Waals surface area contributed by atoms with Gasteiger partial charge in [0, 0.05) is 51.7 Å². The van der Waals surface area contributed by atoms with Crippen molar-refractivity contribution in [1.82, 2.24) is 25.4 Å². The second kappa shape index (κ2) is 23.9. The van der Waals surface area contributed by atoms with Crippen molar-refractivity contribution in [2.24, 2.45) is 23.7 Å². The summed E-state index contributed by atoms with van der Waals surface area (Å²) in [5.41, 5.74) is 1.69. The van der Waals surface area contributed by atoms with Crippen molar-refractivity contribution in [2.75, 3.05) is 27.8 Å². The predicted molar refractivity (Wildman–Crippen MR) is 246 cm³/mol. The second-order valence-electron chi connectivity index (χ2n) is 18.0. The third-order valence-corrected chi connectivity index (χ3v) is 13.6. The van der Waals surface area contributed by atoms with Gasteiger partial charge in [-0.3, -0.25) is 19.2 Å². The van der Waals surface area contributed by atoms with Crippen molar-refractivity contribution in [1.29, 1.82) is 0 Å². The van der Waals surface area contributed by atoms with E-state index in [0.717, 1.165) is 28.1 Å². The highest BCUT2D eigenvalue weighted by molar-refractivity contribution is 7.09. The van der Waals surface area contributed by atoms with Crippen LogP contribution in [0.5, 0.6) is 0 Å². The Balaban J connectivity index is 1.44. The number of thiazole rings is 1. The van der Waals surface area contributed by atoms with Crippen molar-refractivity contribution in [3.63, 3.8) is 0 Å². The molecule has 14 heteroatoms. The lowest BCUT2D eigenvalue weighted by Crippen LogP contribution is -2.55. The lowest BCUT2D eigenvalue weighted by Gasteiger charge is -2.41. The Bertz CT molecular complexity index is 1920. The number of aromatic nitrogens is 1. The van der Waals surface area contributed by atoms with E-state index in [4.69, 9.17) is 14.2 Å². The van der Waals surface area contributed by atoms with Gasteiger partial charge in [-0.2, -0.15) is 0 Å². The van der Waals surface area contributed by atoms with Gasteiger partial charge in [-0.05, 0) is 63.0 Å². The molecule has 0 saturated carbocycles. The molecule has 8 atom stereocenters. The number of benzene rings is 2. The van der Waals surface area contributed by atoms with Crippen molar-refractivity contribution in [2.45, 2.75) is 136 Å². The van der Waals surface area contributed by atoms with Gasteiger partial charge in [0.05, 0.1) is 48.2 Å². The summed E-state index contributed by atoms with van der Waals surface area (Å²) in [6.07, 6.45) is 2.40. The third-order valence-electron chi connectivity index (χ3n) is 12.7. The van der Waals surface area contributed by atoms with Gasteiger partial charge in [0.25, 0.3) is 0 Å². The molecule has 2 heterocycles. The quantitative estimate of drug-likeness (QED) is 0.0974. The van der Waals surface area contributed by atoms with Gasteiger partial charge < -0.3 is 34.6 Å². The number of amides is 4. The first-order valence-electron chi connectivity index (χ1n) is 22.3. The van der Waals surface area contributed by atoms with E-state index in [2.05, 4.69) is 15.6 Å². The van der Waals surface area contributed by atoms with Crippen LogP contribution in [-0.2, 0) is 46.4 Å².